The van der Waals surface area contributed by atoms with Crippen molar-refractivity contribution in [3.05, 3.63) is 58.0 Å². The van der Waals surface area contributed by atoms with Crippen LogP contribution < -0.4 is 10.7 Å². The van der Waals surface area contributed by atoms with Crippen LogP contribution in [-0.4, -0.2) is 46.1 Å². The summed E-state index contributed by atoms with van der Waals surface area (Å²) in [6.45, 7) is 3.58. The molecule has 1 aliphatic rings. The van der Waals surface area contributed by atoms with Crippen LogP contribution in [0, 0.1) is 6.92 Å². The Kier molecular flexibility index (Phi) is 6.57. The molecule has 0 bridgehead atoms. The molecule has 2 aromatic rings. The maximum atomic E-state index is 12.5. The number of para-hydroxylation sites is 1. The number of benzene rings is 1. The molecule has 1 fully saturated rings. The fourth-order valence-corrected chi connectivity index (χ4v) is 3.37. The third kappa shape index (κ3) is 4.85. The summed E-state index contributed by atoms with van der Waals surface area (Å²) in [5.74, 6) is -0.299. The molecule has 0 aliphatic carbocycles. The van der Waals surface area contributed by atoms with Gasteiger partial charge in [-0.1, -0.05) is 24.6 Å². The second-order valence-corrected chi connectivity index (χ2v) is 7.05. The summed E-state index contributed by atoms with van der Waals surface area (Å²) in [5, 5.41) is 7.02. The minimum Gasteiger partial charge on any atom is -0.350 e. The lowest BCUT2D eigenvalue weighted by Crippen LogP contribution is -2.35. The monoisotopic (exact) mass is 382 g/mol. The number of nitrogens with zero attached hydrogens (tertiary/aromatic N) is 3. The van der Waals surface area contributed by atoms with Crippen molar-refractivity contribution in [3.8, 4) is 5.69 Å². The van der Waals surface area contributed by atoms with E-state index in [9.17, 15) is 14.4 Å². The first-order valence-electron chi connectivity index (χ1n) is 9.78. The smallest absolute Gasteiger partial charge is 0.275 e. The van der Waals surface area contributed by atoms with Gasteiger partial charge in [-0.2, -0.15) is 5.10 Å². The lowest BCUT2D eigenvalue weighted by molar-refractivity contribution is -0.130. The Labute approximate surface area is 164 Å². The van der Waals surface area contributed by atoms with Crippen molar-refractivity contribution in [1.82, 2.24) is 20.0 Å². The topological polar surface area (TPSA) is 84.3 Å². The molecule has 1 aromatic carbocycles. The molecule has 2 amide bonds. The molecule has 0 radical (unpaired) electrons. The maximum Gasteiger partial charge on any atom is 0.275 e. The van der Waals surface area contributed by atoms with Crippen molar-refractivity contribution >= 4 is 11.8 Å². The minimum atomic E-state index is -0.489. The Morgan fingerprint density at radius 3 is 2.71 bits per heavy atom. The fourth-order valence-electron chi connectivity index (χ4n) is 3.37. The standard InChI is InChI=1S/C21H26N4O3/c1-16-15-18(26)20(23-25(16)17-9-4-2-5-10-17)21(28)22-12-8-14-24-13-7-3-6-11-19(24)27/h2,4-5,9-10,15H,3,6-8,11-14H2,1H3,(H,22,28). The van der Waals surface area contributed by atoms with Crippen LogP contribution in [0.15, 0.2) is 41.2 Å². The third-order valence-electron chi connectivity index (χ3n) is 4.89. The van der Waals surface area contributed by atoms with Crippen molar-refractivity contribution in [1.29, 1.82) is 0 Å². The number of aryl methyl sites for hydroxylation is 1. The van der Waals surface area contributed by atoms with E-state index in [1.807, 2.05) is 35.2 Å². The Bertz CT molecular complexity index is 892. The van der Waals surface area contributed by atoms with Crippen molar-refractivity contribution < 1.29 is 9.59 Å². The molecule has 0 saturated carbocycles. The number of nitrogens with one attached hydrogen (secondary N) is 1. The lowest BCUT2D eigenvalue weighted by atomic mass is 10.2. The van der Waals surface area contributed by atoms with E-state index < -0.39 is 11.3 Å². The molecular formula is C21H26N4O3. The number of carbonyl (C=O) groups is 2. The van der Waals surface area contributed by atoms with Gasteiger partial charge in [0.15, 0.2) is 5.69 Å². The van der Waals surface area contributed by atoms with Gasteiger partial charge in [-0.3, -0.25) is 14.4 Å². The van der Waals surface area contributed by atoms with Crippen LogP contribution in [0.2, 0.25) is 0 Å². The summed E-state index contributed by atoms with van der Waals surface area (Å²) in [6, 6.07) is 10.8. The lowest BCUT2D eigenvalue weighted by Gasteiger charge is -2.20. The van der Waals surface area contributed by atoms with E-state index in [1.54, 1.807) is 11.6 Å². The minimum absolute atomic E-state index is 0.125. The quantitative estimate of drug-likeness (QED) is 0.775. The zero-order valence-electron chi connectivity index (χ0n) is 16.2. The SMILES string of the molecule is Cc1cc(=O)c(C(=O)NCCCN2CCCCCC2=O)nn1-c1ccccc1. The van der Waals surface area contributed by atoms with E-state index in [0.29, 0.717) is 31.6 Å². The van der Waals surface area contributed by atoms with Crippen LogP contribution in [0.5, 0.6) is 0 Å². The molecule has 0 spiro atoms. The summed E-state index contributed by atoms with van der Waals surface area (Å²) in [7, 11) is 0. The average Bonchev–Trinajstić information content (AvgIpc) is 2.90. The van der Waals surface area contributed by atoms with Gasteiger partial charge in [-0.25, -0.2) is 4.68 Å². The molecular weight excluding hydrogens is 356 g/mol. The van der Waals surface area contributed by atoms with Gasteiger partial charge >= 0.3 is 0 Å². The fraction of sp³-hybridized carbons (Fsp3) is 0.429. The van der Waals surface area contributed by atoms with Gasteiger partial charge in [0.25, 0.3) is 5.91 Å². The summed E-state index contributed by atoms with van der Waals surface area (Å²) < 4.78 is 1.59. The summed E-state index contributed by atoms with van der Waals surface area (Å²) in [6.07, 6.45) is 4.34. The molecule has 2 heterocycles. The van der Waals surface area contributed by atoms with Gasteiger partial charge in [0.1, 0.15) is 0 Å². The van der Waals surface area contributed by atoms with E-state index in [1.165, 1.54) is 6.07 Å². The highest BCUT2D eigenvalue weighted by Crippen LogP contribution is 2.11. The van der Waals surface area contributed by atoms with Crippen molar-refractivity contribution in [2.45, 2.75) is 39.0 Å². The molecule has 28 heavy (non-hydrogen) atoms. The van der Waals surface area contributed by atoms with Crippen molar-refractivity contribution in [3.63, 3.8) is 0 Å². The first kappa shape index (κ1) is 19.8. The predicted molar refractivity (Wildman–Crippen MR) is 107 cm³/mol. The number of aromatic nitrogens is 2. The predicted octanol–water partition coefficient (Wildman–Crippen LogP) is 2.06. The van der Waals surface area contributed by atoms with Crippen LogP contribution >= 0.6 is 0 Å². The van der Waals surface area contributed by atoms with Crippen molar-refractivity contribution in [2.75, 3.05) is 19.6 Å². The summed E-state index contributed by atoms with van der Waals surface area (Å²) in [5.41, 5.74) is 0.923. The molecule has 7 heteroatoms. The molecule has 1 aliphatic heterocycles. The highest BCUT2D eigenvalue weighted by molar-refractivity contribution is 5.92. The van der Waals surface area contributed by atoms with E-state index >= 15 is 0 Å². The van der Waals surface area contributed by atoms with E-state index in [0.717, 1.165) is 31.5 Å². The second kappa shape index (κ2) is 9.30. The number of rotatable bonds is 6. The third-order valence-corrected chi connectivity index (χ3v) is 4.89. The van der Waals surface area contributed by atoms with Gasteiger partial charge in [0, 0.05) is 37.8 Å². The van der Waals surface area contributed by atoms with Crippen LogP contribution in [0.3, 0.4) is 0 Å². The molecule has 7 nitrogen and oxygen atoms in total. The van der Waals surface area contributed by atoms with Crippen LogP contribution in [0.4, 0.5) is 0 Å². The first-order chi connectivity index (χ1) is 13.6. The maximum absolute atomic E-state index is 12.5. The first-order valence-corrected chi connectivity index (χ1v) is 9.78. The molecule has 0 unspecified atom stereocenters. The number of amides is 2. The molecule has 0 atom stereocenters. The average molecular weight is 382 g/mol. The van der Waals surface area contributed by atoms with Crippen LogP contribution in [0.25, 0.3) is 5.69 Å². The Hall–Kier alpha value is -2.96. The largest absolute Gasteiger partial charge is 0.350 e. The Morgan fingerprint density at radius 1 is 1.14 bits per heavy atom. The molecule has 1 saturated heterocycles. The Balaban J connectivity index is 1.61. The molecule has 148 valence electrons. The van der Waals surface area contributed by atoms with Crippen LogP contribution in [0.1, 0.15) is 48.3 Å². The number of carbonyl (C=O) groups excluding carboxylic acids is 2. The van der Waals surface area contributed by atoms with Gasteiger partial charge in [0.05, 0.1) is 5.69 Å². The van der Waals surface area contributed by atoms with Gasteiger partial charge in [-0.15, -0.1) is 0 Å². The van der Waals surface area contributed by atoms with Gasteiger partial charge in [0.2, 0.25) is 11.3 Å². The highest BCUT2D eigenvalue weighted by atomic mass is 16.2. The number of hydrogen-bond donors (Lipinski definition) is 1. The number of likely N-dealkylation sites (tertiary alicyclic amines) is 1. The normalized spacial score (nSPS) is 14.6. The van der Waals surface area contributed by atoms with Crippen molar-refractivity contribution in [2.24, 2.45) is 0 Å². The summed E-state index contributed by atoms with van der Waals surface area (Å²) >= 11 is 0. The van der Waals surface area contributed by atoms with E-state index in [2.05, 4.69) is 10.4 Å². The second-order valence-electron chi connectivity index (χ2n) is 7.05. The van der Waals surface area contributed by atoms with E-state index in [-0.39, 0.29) is 11.6 Å². The van der Waals surface area contributed by atoms with Gasteiger partial charge in [-0.05, 0) is 38.3 Å². The zero-order chi connectivity index (χ0) is 19.9. The van der Waals surface area contributed by atoms with E-state index in [4.69, 9.17) is 0 Å². The molecule has 3 rings (SSSR count). The van der Waals surface area contributed by atoms with Crippen LogP contribution in [-0.2, 0) is 4.79 Å². The molecule has 1 N–H and O–H groups in total. The highest BCUT2D eigenvalue weighted by Gasteiger charge is 2.17. The molecule has 1 aromatic heterocycles. The van der Waals surface area contributed by atoms with Gasteiger partial charge < -0.3 is 10.2 Å². The Morgan fingerprint density at radius 2 is 1.93 bits per heavy atom. The summed E-state index contributed by atoms with van der Waals surface area (Å²) in [4.78, 5) is 38.6. The zero-order valence-corrected chi connectivity index (χ0v) is 16.2. The number of hydrogen-bond acceptors (Lipinski definition) is 4.